The maximum atomic E-state index is 13.4. The molecule has 2 aromatic heterocycles. The number of nitro benzene ring substituents is 1. The second kappa shape index (κ2) is 6.32. The normalized spacial score (nSPS) is 10.8. The van der Waals surface area contributed by atoms with Crippen LogP contribution in [0.3, 0.4) is 0 Å². The SMILES string of the molecule is Cc1ccn(Cc2nc(-c3ccc(F)c([N+](=O)[O-])c3)cs2)c(=O)c1. The number of nitro groups is 1. The third kappa shape index (κ3) is 3.23. The number of nitrogens with zero attached hydrogens (tertiary/aromatic N) is 3. The molecule has 0 unspecified atom stereocenters. The van der Waals surface area contributed by atoms with Crippen LogP contribution in [-0.4, -0.2) is 14.5 Å². The van der Waals surface area contributed by atoms with Crippen molar-refractivity contribution in [3.63, 3.8) is 0 Å². The smallest absolute Gasteiger partial charge is 0.305 e. The van der Waals surface area contributed by atoms with E-state index >= 15 is 0 Å². The molecule has 0 N–H and O–H groups in total. The molecule has 0 amide bonds. The van der Waals surface area contributed by atoms with Crippen molar-refractivity contribution in [2.45, 2.75) is 13.5 Å². The standard InChI is InChI=1S/C16H12FN3O3S/c1-10-4-5-19(16(21)6-10)8-15-18-13(9-24-15)11-2-3-12(17)14(7-11)20(22)23/h2-7,9H,8H2,1H3. The van der Waals surface area contributed by atoms with Crippen LogP contribution in [0.5, 0.6) is 0 Å². The number of rotatable bonds is 4. The highest BCUT2D eigenvalue weighted by atomic mass is 32.1. The van der Waals surface area contributed by atoms with E-state index in [1.54, 1.807) is 11.6 Å². The third-order valence-corrected chi connectivity index (χ3v) is 4.28. The summed E-state index contributed by atoms with van der Waals surface area (Å²) in [7, 11) is 0. The average molecular weight is 345 g/mol. The van der Waals surface area contributed by atoms with E-state index in [0.717, 1.165) is 17.7 Å². The van der Waals surface area contributed by atoms with Gasteiger partial charge in [0.05, 0.1) is 17.2 Å². The van der Waals surface area contributed by atoms with Crippen molar-refractivity contribution >= 4 is 17.0 Å². The third-order valence-electron chi connectivity index (χ3n) is 3.45. The number of benzene rings is 1. The van der Waals surface area contributed by atoms with Crippen LogP contribution in [0.15, 0.2) is 46.7 Å². The predicted molar refractivity (Wildman–Crippen MR) is 88.7 cm³/mol. The monoisotopic (exact) mass is 345 g/mol. The Kier molecular flexibility index (Phi) is 4.22. The number of hydrogen-bond donors (Lipinski definition) is 0. The Balaban J connectivity index is 1.89. The molecule has 0 aliphatic carbocycles. The maximum absolute atomic E-state index is 13.4. The van der Waals surface area contributed by atoms with Crippen molar-refractivity contribution in [2.24, 2.45) is 0 Å². The summed E-state index contributed by atoms with van der Waals surface area (Å²) in [4.78, 5) is 26.3. The van der Waals surface area contributed by atoms with Gasteiger partial charge in [-0.05, 0) is 30.7 Å². The van der Waals surface area contributed by atoms with Crippen LogP contribution in [0.4, 0.5) is 10.1 Å². The molecule has 2 heterocycles. The minimum absolute atomic E-state index is 0.121. The number of aromatic nitrogens is 2. The van der Waals surface area contributed by atoms with Crippen molar-refractivity contribution < 1.29 is 9.31 Å². The Morgan fingerprint density at radius 2 is 2.12 bits per heavy atom. The van der Waals surface area contributed by atoms with E-state index in [4.69, 9.17) is 0 Å². The van der Waals surface area contributed by atoms with E-state index in [1.165, 1.54) is 28.0 Å². The quantitative estimate of drug-likeness (QED) is 0.536. The number of aryl methyl sites for hydroxylation is 1. The van der Waals surface area contributed by atoms with Gasteiger partial charge >= 0.3 is 5.69 Å². The molecule has 3 aromatic rings. The van der Waals surface area contributed by atoms with Gasteiger partial charge in [-0.25, -0.2) is 4.98 Å². The van der Waals surface area contributed by atoms with Crippen LogP contribution in [0, 0.1) is 22.9 Å². The summed E-state index contributed by atoms with van der Waals surface area (Å²) in [5.41, 5.74) is 1.15. The second-order valence-corrected chi connectivity index (χ2v) is 6.16. The van der Waals surface area contributed by atoms with Gasteiger partial charge in [0.25, 0.3) is 5.56 Å². The fourth-order valence-electron chi connectivity index (χ4n) is 2.21. The zero-order valence-electron chi connectivity index (χ0n) is 12.6. The Hall–Kier alpha value is -2.87. The fourth-order valence-corrected chi connectivity index (χ4v) is 3.01. The summed E-state index contributed by atoms with van der Waals surface area (Å²) in [5.74, 6) is -0.884. The van der Waals surface area contributed by atoms with Crippen LogP contribution in [-0.2, 0) is 6.54 Å². The molecule has 0 bridgehead atoms. The molecule has 0 aliphatic rings. The van der Waals surface area contributed by atoms with Gasteiger partial charge in [0.2, 0.25) is 5.82 Å². The number of halogens is 1. The molecule has 0 aliphatic heterocycles. The predicted octanol–water partition coefficient (Wildman–Crippen LogP) is 3.38. The van der Waals surface area contributed by atoms with Crippen LogP contribution in [0.2, 0.25) is 0 Å². The molecule has 6 nitrogen and oxygen atoms in total. The number of thiazole rings is 1. The van der Waals surface area contributed by atoms with Gasteiger partial charge in [0.15, 0.2) is 0 Å². The molecule has 8 heteroatoms. The zero-order chi connectivity index (χ0) is 17.3. The van der Waals surface area contributed by atoms with Crippen LogP contribution >= 0.6 is 11.3 Å². The molecule has 0 atom stereocenters. The largest absolute Gasteiger partial charge is 0.309 e. The van der Waals surface area contributed by atoms with Gasteiger partial charge in [0, 0.05) is 29.3 Å². The molecular formula is C16H12FN3O3S. The van der Waals surface area contributed by atoms with Gasteiger partial charge < -0.3 is 4.57 Å². The molecule has 1 aromatic carbocycles. The van der Waals surface area contributed by atoms with Gasteiger partial charge in [-0.3, -0.25) is 14.9 Å². The number of hydrogen-bond acceptors (Lipinski definition) is 5. The zero-order valence-corrected chi connectivity index (χ0v) is 13.4. The average Bonchev–Trinajstić information content (AvgIpc) is 2.99. The summed E-state index contributed by atoms with van der Waals surface area (Å²) < 4.78 is 14.9. The summed E-state index contributed by atoms with van der Waals surface area (Å²) >= 11 is 1.34. The van der Waals surface area contributed by atoms with E-state index in [0.29, 0.717) is 22.8 Å². The van der Waals surface area contributed by atoms with E-state index in [2.05, 4.69) is 4.98 Å². The van der Waals surface area contributed by atoms with E-state index in [-0.39, 0.29) is 5.56 Å². The molecule has 0 saturated heterocycles. The minimum atomic E-state index is -0.884. The molecule has 0 fully saturated rings. The first-order chi connectivity index (χ1) is 11.4. The minimum Gasteiger partial charge on any atom is -0.309 e. The van der Waals surface area contributed by atoms with Gasteiger partial charge in [-0.1, -0.05) is 0 Å². The van der Waals surface area contributed by atoms with Crippen molar-refractivity contribution in [3.05, 3.63) is 78.8 Å². The lowest BCUT2D eigenvalue weighted by Gasteiger charge is -2.03. The van der Waals surface area contributed by atoms with Crippen molar-refractivity contribution in [1.29, 1.82) is 0 Å². The summed E-state index contributed by atoms with van der Waals surface area (Å²) in [5, 5.41) is 13.2. The van der Waals surface area contributed by atoms with E-state index in [9.17, 15) is 19.3 Å². The summed E-state index contributed by atoms with van der Waals surface area (Å²) in [6.07, 6.45) is 1.70. The van der Waals surface area contributed by atoms with Crippen LogP contribution in [0.1, 0.15) is 10.6 Å². The van der Waals surface area contributed by atoms with Gasteiger partial charge in [-0.15, -0.1) is 11.3 Å². The Morgan fingerprint density at radius 3 is 2.83 bits per heavy atom. The maximum Gasteiger partial charge on any atom is 0.305 e. The first-order valence-electron chi connectivity index (χ1n) is 7.00. The molecule has 0 spiro atoms. The van der Waals surface area contributed by atoms with Crippen LogP contribution in [0.25, 0.3) is 11.3 Å². The van der Waals surface area contributed by atoms with Gasteiger partial charge in [0.1, 0.15) is 5.01 Å². The Labute approximate surface area is 140 Å². The first-order valence-corrected chi connectivity index (χ1v) is 7.88. The second-order valence-electron chi connectivity index (χ2n) is 5.22. The Bertz CT molecular complexity index is 981. The molecule has 0 saturated carbocycles. The summed E-state index contributed by atoms with van der Waals surface area (Å²) in [6, 6.07) is 7.03. The summed E-state index contributed by atoms with van der Waals surface area (Å²) in [6.45, 7) is 2.15. The highest BCUT2D eigenvalue weighted by Crippen LogP contribution is 2.27. The highest BCUT2D eigenvalue weighted by molar-refractivity contribution is 7.09. The lowest BCUT2D eigenvalue weighted by Crippen LogP contribution is -2.19. The van der Waals surface area contributed by atoms with Crippen molar-refractivity contribution in [3.8, 4) is 11.3 Å². The van der Waals surface area contributed by atoms with Crippen LogP contribution < -0.4 is 5.56 Å². The molecule has 0 radical (unpaired) electrons. The highest BCUT2D eigenvalue weighted by Gasteiger charge is 2.16. The molecule has 3 rings (SSSR count). The fraction of sp³-hybridized carbons (Fsp3) is 0.125. The van der Waals surface area contributed by atoms with Crippen molar-refractivity contribution in [2.75, 3.05) is 0 Å². The van der Waals surface area contributed by atoms with Crippen molar-refractivity contribution in [1.82, 2.24) is 9.55 Å². The lowest BCUT2D eigenvalue weighted by atomic mass is 10.1. The molecule has 24 heavy (non-hydrogen) atoms. The lowest BCUT2D eigenvalue weighted by molar-refractivity contribution is -0.387. The first kappa shape index (κ1) is 16.0. The van der Waals surface area contributed by atoms with Gasteiger partial charge in [-0.2, -0.15) is 4.39 Å². The number of pyridine rings is 1. The molecular weight excluding hydrogens is 333 g/mol. The Morgan fingerprint density at radius 1 is 1.33 bits per heavy atom. The van der Waals surface area contributed by atoms with E-state index in [1.807, 2.05) is 13.0 Å². The molecule has 122 valence electrons. The topological polar surface area (TPSA) is 78.0 Å². The van der Waals surface area contributed by atoms with E-state index < -0.39 is 16.4 Å².